The van der Waals surface area contributed by atoms with Crippen LogP contribution in [-0.4, -0.2) is 29.6 Å². The highest BCUT2D eigenvalue weighted by atomic mass is 127. The van der Waals surface area contributed by atoms with Gasteiger partial charge in [-0.25, -0.2) is 4.98 Å². The number of benzene rings is 3. The minimum atomic E-state index is -0.219. The highest BCUT2D eigenvalue weighted by Crippen LogP contribution is 2.34. The Balaban J connectivity index is 1.93. The van der Waals surface area contributed by atoms with Crippen molar-refractivity contribution < 1.29 is 9.47 Å². The number of hydrogen-bond donors (Lipinski definition) is 0. The predicted octanol–water partition coefficient (Wildman–Crippen LogP) is 6.39. The van der Waals surface area contributed by atoms with Crippen molar-refractivity contribution in [2.24, 2.45) is 5.10 Å². The van der Waals surface area contributed by atoms with Crippen LogP contribution in [0.4, 0.5) is 0 Å². The van der Waals surface area contributed by atoms with Gasteiger partial charge >= 0.3 is 0 Å². The van der Waals surface area contributed by atoms with Gasteiger partial charge in [0.15, 0.2) is 5.82 Å². The summed E-state index contributed by atoms with van der Waals surface area (Å²) in [6.07, 6.45) is 1.68. The molecule has 6 nitrogen and oxygen atoms in total. The molecule has 1 heterocycles. The summed E-state index contributed by atoms with van der Waals surface area (Å²) in [5.41, 5.74) is 4.12. The van der Waals surface area contributed by atoms with E-state index in [1.807, 2.05) is 56.3 Å². The summed E-state index contributed by atoms with van der Waals surface area (Å²) in [5, 5.41) is 5.14. The molecule has 7 heteroatoms. The molecular formula is C28H28IN3O3. The van der Waals surface area contributed by atoms with Gasteiger partial charge in [-0.05, 0) is 102 Å². The average molecular weight is 581 g/mol. The molecule has 0 saturated heterocycles. The van der Waals surface area contributed by atoms with Crippen molar-refractivity contribution in [3.8, 4) is 22.9 Å². The van der Waals surface area contributed by atoms with E-state index in [4.69, 9.17) is 14.5 Å². The third-order valence-corrected chi connectivity index (χ3v) is 6.61. The van der Waals surface area contributed by atoms with E-state index in [0.717, 1.165) is 37.3 Å². The summed E-state index contributed by atoms with van der Waals surface area (Å²) < 4.78 is 13.6. The number of methoxy groups -OCH3 is 1. The highest BCUT2D eigenvalue weighted by molar-refractivity contribution is 14.1. The normalized spacial score (nSPS) is 11.5. The molecule has 4 aromatic rings. The lowest BCUT2D eigenvalue weighted by molar-refractivity contribution is 0.338. The summed E-state index contributed by atoms with van der Waals surface area (Å²) in [4.78, 5) is 18.4. The van der Waals surface area contributed by atoms with E-state index < -0.39 is 0 Å². The van der Waals surface area contributed by atoms with Crippen LogP contribution in [0.1, 0.15) is 43.4 Å². The van der Waals surface area contributed by atoms with Gasteiger partial charge in [0, 0.05) is 5.56 Å². The average Bonchev–Trinajstić information content (AvgIpc) is 2.84. The number of para-hydroxylation sites is 1. The minimum Gasteiger partial charge on any atom is -0.496 e. The van der Waals surface area contributed by atoms with Gasteiger partial charge < -0.3 is 9.47 Å². The zero-order valence-corrected chi connectivity index (χ0v) is 22.7. The molecular weight excluding hydrogens is 553 g/mol. The van der Waals surface area contributed by atoms with Crippen molar-refractivity contribution in [2.75, 3.05) is 13.7 Å². The Labute approximate surface area is 218 Å². The van der Waals surface area contributed by atoms with Crippen LogP contribution in [0, 0.1) is 10.5 Å². The van der Waals surface area contributed by atoms with Crippen molar-refractivity contribution in [3.63, 3.8) is 0 Å². The van der Waals surface area contributed by atoms with Gasteiger partial charge in [-0.2, -0.15) is 9.78 Å². The number of ether oxygens (including phenoxy) is 2. The standard InChI is InChI=1S/C28H28IN3O3/c1-6-35-25-12-11-19(14-23(25)29)16-30-32-27(31-24-10-8-7-9-20(24)28(32)33)22-15-21(17(2)3)26(34-5)13-18(22)4/h7-17H,6H2,1-5H3. The van der Waals surface area contributed by atoms with Crippen molar-refractivity contribution >= 4 is 39.7 Å². The Kier molecular flexibility index (Phi) is 7.54. The molecule has 3 aromatic carbocycles. The number of aryl methyl sites for hydroxylation is 1. The Morgan fingerprint density at radius 3 is 2.57 bits per heavy atom. The second kappa shape index (κ2) is 10.6. The number of halogens is 1. The summed E-state index contributed by atoms with van der Waals surface area (Å²) in [6, 6.07) is 17.2. The minimum absolute atomic E-state index is 0.219. The van der Waals surface area contributed by atoms with Crippen LogP contribution >= 0.6 is 22.6 Å². The number of nitrogens with zero attached hydrogens (tertiary/aromatic N) is 3. The van der Waals surface area contributed by atoms with Crippen LogP contribution in [-0.2, 0) is 0 Å². The lowest BCUT2D eigenvalue weighted by Crippen LogP contribution is -2.20. The summed E-state index contributed by atoms with van der Waals surface area (Å²) in [7, 11) is 1.67. The first-order valence-corrected chi connectivity index (χ1v) is 12.6. The summed E-state index contributed by atoms with van der Waals surface area (Å²) >= 11 is 2.24. The van der Waals surface area contributed by atoms with E-state index in [1.54, 1.807) is 19.4 Å². The van der Waals surface area contributed by atoms with E-state index in [9.17, 15) is 4.79 Å². The van der Waals surface area contributed by atoms with Crippen LogP contribution in [0.5, 0.6) is 11.5 Å². The van der Waals surface area contributed by atoms with E-state index in [0.29, 0.717) is 23.3 Å². The third kappa shape index (κ3) is 5.10. The fourth-order valence-electron chi connectivity index (χ4n) is 3.97. The number of aromatic nitrogens is 2. The zero-order chi connectivity index (χ0) is 25.1. The molecule has 0 N–H and O–H groups in total. The molecule has 0 aliphatic rings. The van der Waals surface area contributed by atoms with Gasteiger partial charge in [-0.1, -0.05) is 26.0 Å². The molecule has 0 aliphatic carbocycles. The number of hydrogen-bond acceptors (Lipinski definition) is 5. The Bertz CT molecular complexity index is 1470. The van der Waals surface area contributed by atoms with E-state index in [2.05, 4.69) is 47.6 Å². The smallest absolute Gasteiger partial charge is 0.282 e. The molecule has 0 fully saturated rings. The quantitative estimate of drug-likeness (QED) is 0.188. The Morgan fingerprint density at radius 2 is 1.89 bits per heavy atom. The number of rotatable bonds is 7. The van der Waals surface area contributed by atoms with Gasteiger partial charge in [-0.15, -0.1) is 0 Å². The predicted molar refractivity (Wildman–Crippen MR) is 150 cm³/mol. The first-order valence-electron chi connectivity index (χ1n) is 11.5. The molecule has 0 bridgehead atoms. The number of fused-ring (bicyclic) bond motifs is 1. The second-order valence-electron chi connectivity index (χ2n) is 8.50. The first kappa shape index (κ1) is 24.9. The largest absolute Gasteiger partial charge is 0.496 e. The SMILES string of the molecule is CCOc1ccc(C=Nn2c(-c3cc(C(C)C)c(OC)cc3C)nc3ccccc3c2=O)cc1I. The Hall–Kier alpha value is -3.20. The van der Waals surface area contributed by atoms with E-state index in [-0.39, 0.29) is 11.5 Å². The van der Waals surface area contributed by atoms with Gasteiger partial charge in [0.1, 0.15) is 11.5 Å². The molecule has 180 valence electrons. The van der Waals surface area contributed by atoms with Gasteiger partial charge in [0.2, 0.25) is 0 Å². The molecule has 4 rings (SSSR count). The summed E-state index contributed by atoms with van der Waals surface area (Å²) in [5.74, 6) is 2.38. The van der Waals surface area contributed by atoms with Crippen molar-refractivity contribution in [1.29, 1.82) is 0 Å². The van der Waals surface area contributed by atoms with Gasteiger partial charge in [0.25, 0.3) is 5.56 Å². The van der Waals surface area contributed by atoms with Crippen LogP contribution < -0.4 is 15.0 Å². The molecule has 0 atom stereocenters. The van der Waals surface area contributed by atoms with Crippen LogP contribution in [0.15, 0.2) is 64.5 Å². The zero-order valence-electron chi connectivity index (χ0n) is 20.5. The van der Waals surface area contributed by atoms with Crippen LogP contribution in [0.25, 0.3) is 22.3 Å². The summed E-state index contributed by atoms with van der Waals surface area (Å²) in [6.45, 7) is 8.78. The third-order valence-electron chi connectivity index (χ3n) is 5.77. The maximum atomic E-state index is 13.6. The molecule has 35 heavy (non-hydrogen) atoms. The maximum absolute atomic E-state index is 13.6. The first-order chi connectivity index (χ1) is 16.8. The van der Waals surface area contributed by atoms with Gasteiger partial charge in [0.05, 0.1) is 34.4 Å². The molecule has 0 amide bonds. The molecule has 0 saturated carbocycles. The van der Waals surface area contributed by atoms with Crippen molar-refractivity contribution in [3.05, 3.63) is 85.2 Å². The van der Waals surface area contributed by atoms with E-state index in [1.165, 1.54) is 4.68 Å². The highest BCUT2D eigenvalue weighted by Gasteiger charge is 2.18. The lowest BCUT2D eigenvalue weighted by Gasteiger charge is -2.17. The molecule has 0 aliphatic heterocycles. The fourth-order valence-corrected chi connectivity index (χ4v) is 4.66. The Morgan fingerprint density at radius 1 is 1.11 bits per heavy atom. The van der Waals surface area contributed by atoms with Crippen LogP contribution in [0.2, 0.25) is 0 Å². The molecule has 0 radical (unpaired) electrons. The lowest BCUT2D eigenvalue weighted by atomic mass is 9.96. The topological polar surface area (TPSA) is 65.7 Å². The van der Waals surface area contributed by atoms with Gasteiger partial charge in [-0.3, -0.25) is 4.79 Å². The molecule has 0 spiro atoms. The van der Waals surface area contributed by atoms with Crippen LogP contribution in [0.3, 0.4) is 0 Å². The fraction of sp³-hybridized carbons (Fsp3) is 0.250. The maximum Gasteiger partial charge on any atom is 0.282 e. The second-order valence-corrected chi connectivity index (χ2v) is 9.66. The monoisotopic (exact) mass is 581 g/mol. The molecule has 0 unspecified atom stereocenters. The van der Waals surface area contributed by atoms with Crippen molar-refractivity contribution in [2.45, 2.75) is 33.6 Å². The van der Waals surface area contributed by atoms with E-state index >= 15 is 0 Å². The molecule has 1 aromatic heterocycles. The van der Waals surface area contributed by atoms with Crippen molar-refractivity contribution in [1.82, 2.24) is 9.66 Å².